The molecular formula is C13H22N2O2. The Morgan fingerprint density at radius 1 is 1.47 bits per heavy atom. The fourth-order valence-electron chi connectivity index (χ4n) is 2.60. The molecule has 0 aromatic carbocycles. The molecular weight excluding hydrogens is 216 g/mol. The number of hydrogen-bond donors (Lipinski definition) is 1. The number of hydrogen-bond acceptors (Lipinski definition) is 2. The first-order valence-corrected chi connectivity index (χ1v) is 6.58. The topological polar surface area (TPSA) is 49.4 Å². The van der Waals surface area contributed by atoms with Gasteiger partial charge < -0.3 is 10.2 Å². The van der Waals surface area contributed by atoms with E-state index in [0.29, 0.717) is 18.4 Å². The van der Waals surface area contributed by atoms with Crippen molar-refractivity contribution >= 4 is 11.8 Å². The zero-order valence-electron chi connectivity index (χ0n) is 11.0. The van der Waals surface area contributed by atoms with Crippen molar-refractivity contribution < 1.29 is 9.59 Å². The van der Waals surface area contributed by atoms with Gasteiger partial charge in [0, 0.05) is 6.54 Å². The van der Waals surface area contributed by atoms with Gasteiger partial charge in [0.25, 0.3) is 0 Å². The lowest BCUT2D eigenvalue weighted by atomic mass is 9.88. The van der Waals surface area contributed by atoms with Gasteiger partial charge in [-0.3, -0.25) is 9.59 Å². The van der Waals surface area contributed by atoms with E-state index in [2.05, 4.69) is 19.2 Å². The second kappa shape index (κ2) is 4.31. The van der Waals surface area contributed by atoms with Crippen LogP contribution in [0.3, 0.4) is 0 Å². The van der Waals surface area contributed by atoms with Gasteiger partial charge in [0.2, 0.25) is 11.8 Å². The summed E-state index contributed by atoms with van der Waals surface area (Å²) < 4.78 is 0. The van der Waals surface area contributed by atoms with Gasteiger partial charge in [0.15, 0.2) is 0 Å². The fraction of sp³-hybridized carbons (Fsp3) is 0.846. The van der Waals surface area contributed by atoms with E-state index in [-0.39, 0.29) is 18.4 Å². The van der Waals surface area contributed by atoms with Crippen LogP contribution in [0.5, 0.6) is 0 Å². The van der Waals surface area contributed by atoms with Crippen molar-refractivity contribution in [2.45, 2.75) is 45.6 Å². The Balaban J connectivity index is 2.22. The minimum absolute atomic E-state index is 0.0305. The molecule has 96 valence electrons. The summed E-state index contributed by atoms with van der Waals surface area (Å²) in [4.78, 5) is 26.0. The molecule has 2 rings (SSSR count). The van der Waals surface area contributed by atoms with E-state index in [4.69, 9.17) is 0 Å². The number of piperazine rings is 1. The molecule has 17 heavy (non-hydrogen) atoms. The van der Waals surface area contributed by atoms with Crippen LogP contribution in [0, 0.1) is 11.8 Å². The smallest absolute Gasteiger partial charge is 0.246 e. The maximum absolute atomic E-state index is 12.1. The lowest BCUT2D eigenvalue weighted by Gasteiger charge is -2.45. The van der Waals surface area contributed by atoms with Crippen LogP contribution >= 0.6 is 0 Å². The minimum atomic E-state index is -0.598. The summed E-state index contributed by atoms with van der Waals surface area (Å²) in [6, 6.07) is 0. The van der Waals surface area contributed by atoms with E-state index in [1.54, 1.807) is 0 Å². The monoisotopic (exact) mass is 238 g/mol. The second-order valence-electron chi connectivity index (χ2n) is 5.62. The summed E-state index contributed by atoms with van der Waals surface area (Å²) in [7, 11) is 0. The zero-order chi connectivity index (χ0) is 12.6. The van der Waals surface area contributed by atoms with Crippen molar-refractivity contribution in [1.82, 2.24) is 10.2 Å². The highest BCUT2D eigenvalue weighted by Gasteiger charge is 2.54. The average Bonchev–Trinajstić information content (AvgIpc) is 3.13. The van der Waals surface area contributed by atoms with E-state index in [0.717, 1.165) is 19.3 Å². The standard InChI is InChI=1S/C13H22N2O2/c1-4-9(2)8-15-11(16)7-14-12(17)13(15,3)10-5-6-10/h9-10H,4-8H2,1-3H3,(H,14,17). The normalized spacial score (nSPS) is 31.4. The molecule has 4 nitrogen and oxygen atoms in total. The molecule has 1 saturated carbocycles. The van der Waals surface area contributed by atoms with Crippen molar-refractivity contribution in [3.63, 3.8) is 0 Å². The Bertz CT molecular complexity index is 338. The molecule has 1 saturated heterocycles. The van der Waals surface area contributed by atoms with E-state index in [1.807, 2.05) is 11.8 Å². The maximum atomic E-state index is 12.1. The van der Waals surface area contributed by atoms with Crippen LogP contribution < -0.4 is 5.32 Å². The van der Waals surface area contributed by atoms with Gasteiger partial charge in [-0.2, -0.15) is 0 Å². The number of carbonyl (C=O) groups excluding carboxylic acids is 2. The van der Waals surface area contributed by atoms with E-state index in [9.17, 15) is 9.59 Å². The highest BCUT2D eigenvalue weighted by molar-refractivity contribution is 5.98. The van der Waals surface area contributed by atoms with Gasteiger partial charge in [-0.25, -0.2) is 0 Å². The van der Waals surface area contributed by atoms with Crippen molar-refractivity contribution in [3.8, 4) is 0 Å². The highest BCUT2D eigenvalue weighted by Crippen LogP contribution is 2.44. The lowest BCUT2D eigenvalue weighted by Crippen LogP contribution is -2.67. The van der Waals surface area contributed by atoms with Crippen LogP contribution in [-0.4, -0.2) is 35.3 Å². The van der Waals surface area contributed by atoms with Crippen LogP contribution in [0.25, 0.3) is 0 Å². The lowest BCUT2D eigenvalue weighted by molar-refractivity contribution is -0.155. The number of nitrogens with one attached hydrogen (secondary N) is 1. The fourth-order valence-corrected chi connectivity index (χ4v) is 2.60. The number of amides is 2. The third-order valence-corrected chi connectivity index (χ3v) is 4.29. The van der Waals surface area contributed by atoms with Crippen LogP contribution in [0.4, 0.5) is 0 Å². The van der Waals surface area contributed by atoms with Crippen LogP contribution in [0.2, 0.25) is 0 Å². The molecule has 4 heteroatoms. The Morgan fingerprint density at radius 3 is 2.65 bits per heavy atom. The highest BCUT2D eigenvalue weighted by atomic mass is 16.2. The molecule has 2 atom stereocenters. The van der Waals surface area contributed by atoms with Crippen LogP contribution in [-0.2, 0) is 9.59 Å². The predicted octanol–water partition coefficient (Wildman–Crippen LogP) is 1.16. The zero-order valence-corrected chi connectivity index (χ0v) is 11.0. The van der Waals surface area contributed by atoms with Crippen molar-refractivity contribution in [3.05, 3.63) is 0 Å². The molecule has 0 spiro atoms. The average molecular weight is 238 g/mol. The molecule has 2 fully saturated rings. The summed E-state index contributed by atoms with van der Waals surface area (Å²) in [5.74, 6) is 0.904. The molecule has 0 aromatic heterocycles. The molecule has 0 aromatic rings. The van der Waals surface area contributed by atoms with E-state index < -0.39 is 5.54 Å². The molecule has 1 N–H and O–H groups in total. The van der Waals surface area contributed by atoms with Gasteiger partial charge in [0.1, 0.15) is 5.54 Å². The van der Waals surface area contributed by atoms with Crippen molar-refractivity contribution in [2.75, 3.05) is 13.1 Å². The van der Waals surface area contributed by atoms with Crippen LogP contribution in [0.15, 0.2) is 0 Å². The summed E-state index contributed by atoms with van der Waals surface area (Å²) >= 11 is 0. The number of carbonyl (C=O) groups is 2. The molecule has 0 radical (unpaired) electrons. The molecule has 2 unspecified atom stereocenters. The molecule has 1 aliphatic heterocycles. The second-order valence-corrected chi connectivity index (χ2v) is 5.62. The maximum Gasteiger partial charge on any atom is 0.246 e. The number of rotatable bonds is 4. The quantitative estimate of drug-likeness (QED) is 0.799. The minimum Gasteiger partial charge on any atom is -0.345 e. The van der Waals surface area contributed by atoms with Gasteiger partial charge in [0.05, 0.1) is 6.54 Å². The Hall–Kier alpha value is -1.06. The molecule has 1 aliphatic carbocycles. The molecule has 1 heterocycles. The first-order valence-electron chi connectivity index (χ1n) is 6.58. The van der Waals surface area contributed by atoms with Crippen LogP contribution in [0.1, 0.15) is 40.0 Å². The molecule has 0 bridgehead atoms. The largest absolute Gasteiger partial charge is 0.345 e. The predicted molar refractivity (Wildman–Crippen MR) is 65.3 cm³/mol. The van der Waals surface area contributed by atoms with Gasteiger partial charge in [-0.1, -0.05) is 20.3 Å². The van der Waals surface area contributed by atoms with Gasteiger partial charge in [-0.15, -0.1) is 0 Å². The molecule has 2 amide bonds. The number of nitrogens with zero attached hydrogens (tertiary/aromatic N) is 1. The third kappa shape index (κ3) is 2.05. The molecule has 2 aliphatic rings. The van der Waals surface area contributed by atoms with Gasteiger partial charge >= 0.3 is 0 Å². The summed E-state index contributed by atoms with van der Waals surface area (Å²) in [6.07, 6.45) is 3.16. The van der Waals surface area contributed by atoms with E-state index >= 15 is 0 Å². The Morgan fingerprint density at radius 2 is 2.12 bits per heavy atom. The first-order chi connectivity index (χ1) is 8.00. The summed E-state index contributed by atoms with van der Waals surface area (Å²) in [5.41, 5.74) is -0.598. The van der Waals surface area contributed by atoms with Crippen molar-refractivity contribution in [1.29, 1.82) is 0 Å². The summed E-state index contributed by atoms with van der Waals surface area (Å²) in [6.45, 7) is 7.05. The SMILES string of the molecule is CCC(C)CN1C(=O)CNC(=O)C1(C)C1CC1. The Kier molecular flexibility index (Phi) is 3.15. The van der Waals surface area contributed by atoms with E-state index in [1.165, 1.54) is 0 Å². The first kappa shape index (κ1) is 12.4. The third-order valence-electron chi connectivity index (χ3n) is 4.29. The van der Waals surface area contributed by atoms with Gasteiger partial charge in [-0.05, 0) is 31.6 Å². The van der Waals surface area contributed by atoms with Crippen molar-refractivity contribution in [2.24, 2.45) is 11.8 Å². The summed E-state index contributed by atoms with van der Waals surface area (Å²) in [5, 5.41) is 2.73. The Labute approximate surface area is 103 Å².